The van der Waals surface area contributed by atoms with Gasteiger partial charge in [0.1, 0.15) is 5.00 Å². The van der Waals surface area contributed by atoms with Crippen LogP contribution in [0.5, 0.6) is 0 Å². The molecule has 10 heteroatoms. The topological polar surface area (TPSA) is 110 Å². The highest BCUT2D eigenvalue weighted by Crippen LogP contribution is 2.40. The summed E-state index contributed by atoms with van der Waals surface area (Å²) < 4.78 is 0. The van der Waals surface area contributed by atoms with E-state index in [1.807, 2.05) is 97.1 Å². The molecule has 0 bridgehead atoms. The number of nitrogens with zero attached hydrogens (tertiary/aromatic N) is 4. The van der Waals surface area contributed by atoms with Crippen LogP contribution >= 0.6 is 23.1 Å². The van der Waals surface area contributed by atoms with Crippen LogP contribution in [0.1, 0.15) is 44.8 Å². The van der Waals surface area contributed by atoms with E-state index < -0.39 is 4.92 Å². The Morgan fingerprint density at radius 2 is 1.49 bits per heavy atom. The SMILES string of the molecule is O=C(NCc1ccccc1)c1c(N=Cc2ccc(Sc3nc(-c4ccccc4)cc(-c4ccccc4)n3)c([N+](=O)[O-])c2)sc2c1CCCC2. The van der Waals surface area contributed by atoms with Crippen molar-refractivity contribution in [2.24, 2.45) is 4.99 Å². The van der Waals surface area contributed by atoms with Gasteiger partial charge in [0.25, 0.3) is 11.6 Å². The molecule has 0 spiro atoms. The molecule has 6 aromatic rings. The Labute approximate surface area is 292 Å². The second-order valence-electron chi connectivity index (χ2n) is 11.6. The number of carbonyl (C=O) groups is 1. The first-order valence-corrected chi connectivity index (χ1v) is 17.6. The third-order valence-electron chi connectivity index (χ3n) is 8.23. The molecule has 1 N–H and O–H groups in total. The molecule has 0 aliphatic heterocycles. The van der Waals surface area contributed by atoms with Crippen molar-refractivity contribution in [2.75, 3.05) is 0 Å². The predicted octanol–water partition coefficient (Wildman–Crippen LogP) is 9.49. The number of aryl methyl sites for hydroxylation is 1. The Morgan fingerprint density at radius 1 is 0.857 bits per heavy atom. The van der Waals surface area contributed by atoms with Gasteiger partial charge < -0.3 is 5.32 Å². The van der Waals surface area contributed by atoms with E-state index in [2.05, 4.69) is 5.32 Å². The number of thiophene rings is 1. The molecule has 49 heavy (non-hydrogen) atoms. The molecule has 1 aliphatic rings. The molecule has 0 atom stereocenters. The van der Waals surface area contributed by atoms with Crippen molar-refractivity contribution < 1.29 is 9.72 Å². The minimum Gasteiger partial charge on any atom is -0.348 e. The van der Waals surface area contributed by atoms with Crippen molar-refractivity contribution in [3.05, 3.63) is 153 Å². The minimum atomic E-state index is -0.398. The molecule has 242 valence electrons. The number of nitro benzene ring substituents is 1. The Morgan fingerprint density at radius 3 is 2.14 bits per heavy atom. The van der Waals surface area contributed by atoms with Gasteiger partial charge in [0.2, 0.25) is 0 Å². The van der Waals surface area contributed by atoms with Crippen molar-refractivity contribution in [3.8, 4) is 22.5 Å². The molecular formula is C39H31N5O3S2. The number of fused-ring (bicyclic) bond motifs is 1. The summed E-state index contributed by atoms with van der Waals surface area (Å²) in [4.78, 5) is 41.3. The van der Waals surface area contributed by atoms with Crippen LogP contribution in [-0.2, 0) is 19.4 Å². The molecule has 0 saturated carbocycles. The highest BCUT2D eigenvalue weighted by atomic mass is 32.2. The summed E-state index contributed by atoms with van der Waals surface area (Å²) in [6.07, 6.45) is 5.48. The van der Waals surface area contributed by atoms with E-state index in [1.165, 1.54) is 22.3 Å². The van der Waals surface area contributed by atoms with Crippen LogP contribution in [0.15, 0.2) is 130 Å². The van der Waals surface area contributed by atoms with Gasteiger partial charge in [-0.25, -0.2) is 15.0 Å². The normalized spacial score (nSPS) is 12.5. The van der Waals surface area contributed by atoms with Crippen LogP contribution in [0.3, 0.4) is 0 Å². The second kappa shape index (κ2) is 14.8. The number of nitro groups is 1. The van der Waals surface area contributed by atoms with E-state index in [0.717, 1.165) is 71.1 Å². The zero-order chi connectivity index (χ0) is 33.6. The van der Waals surface area contributed by atoms with Gasteiger partial charge in [-0.15, -0.1) is 11.3 Å². The smallest absolute Gasteiger partial charge is 0.283 e. The fourth-order valence-electron chi connectivity index (χ4n) is 5.80. The summed E-state index contributed by atoms with van der Waals surface area (Å²) in [6.45, 7) is 0.420. The lowest BCUT2D eigenvalue weighted by Gasteiger charge is -2.12. The van der Waals surface area contributed by atoms with Gasteiger partial charge in [-0.2, -0.15) is 0 Å². The highest BCUT2D eigenvalue weighted by molar-refractivity contribution is 7.99. The van der Waals surface area contributed by atoms with Crippen LogP contribution in [-0.4, -0.2) is 27.0 Å². The maximum Gasteiger partial charge on any atom is 0.283 e. The number of hydrogen-bond acceptors (Lipinski definition) is 8. The number of benzene rings is 4. The molecule has 1 amide bonds. The lowest BCUT2D eigenvalue weighted by molar-refractivity contribution is -0.387. The summed E-state index contributed by atoms with van der Waals surface area (Å²) in [7, 11) is 0. The summed E-state index contributed by atoms with van der Waals surface area (Å²) >= 11 is 2.68. The van der Waals surface area contributed by atoms with Crippen LogP contribution < -0.4 is 5.32 Å². The van der Waals surface area contributed by atoms with Crippen LogP contribution in [0, 0.1) is 10.1 Å². The average Bonchev–Trinajstić information content (AvgIpc) is 3.53. The molecule has 4 aromatic carbocycles. The maximum absolute atomic E-state index is 13.5. The molecule has 8 nitrogen and oxygen atoms in total. The van der Waals surface area contributed by atoms with Crippen LogP contribution in [0.2, 0.25) is 0 Å². The largest absolute Gasteiger partial charge is 0.348 e. The molecule has 0 unspecified atom stereocenters. The van der Waals surface area contributed by atoms with Gasteiger partial charge in [0.05, 0.1) is 26.8 Å². The van der Waals surface area contributed by atoms with E-state index in [0.29, 0.717) is 32.7 Å². The number of nitrogens with one attached hydrogen (secondary N) is 1. The first kappa shape index (κ1) is 32.1. The molecule has 0 fully saturated rings. The molecule has 7 rings (SSSR count). The Hall–Kier alpha value is -5.45. The minimum absolute atomic E-state index is 0.0739. The van der Waals surface area contributed by atoms with Crippen molar-refractivity contribution in [1.29, 1.82) is 0 Å². The quantitative estimate of drug-likeness (QED) is 0.0668. The monoisotopic (exact) mass is 681 g/mol. The summed E-state index contributed by atoms with van der Waals surface area (Å²) in [5.74, 6) is -0.152. The Kier molecular flexibility index (Phi) is 9.67. The summed E-state index contributed by atoms with van der Waals surface area (Å²) in [5.41, 5.74) is 6.48. The number of rotatable bonds is 10. The van der Waals surface area contributed by atoms with E-state index in [9.17, 15) is 14.9 Å². The number of aliphatic imine (C=N–C) groups is 1. The molecular weight excluding hydrogens is 651 g/mol. The highest BCUT2D eigenvalue weighted by Gasteiger charge is 2.25. The zero-order valence-electron chi connectivity index (χ0n) is 26.4. The molecule has 0 saturated heterocycles. The lowest BCUT2D eigenvalue weighted by Crippen LogP contribution is -2.24. The molecule has 1 aliphatic carbocycles. The first-order valence-electron chi connectivity index (χ1n) is 16.0. The van der Waals surface area contributed by atoms with E-state index in [4.69, 9.17) is 15.0 Å². The van der Waals surface area contributed by atoms with E-state index in [-0.39, 0.29) is 11.6 Å². The van der Waals surface area contributed by atoms with Gasteiger partial charge in [-0.1, -0.05) is 97.1 Å². The number of carbonyl (C=O) groups excluding carboxylic acids is 1. The van der Waals surface area contributed by atoms with Gasteiger partial charge in [0, 0.05) is 34.8 Å². The average molecular weight is 682 g/mol. The van der Waals surface area contributed by atoms with Gasteiger partial charge in [0.15, 0.2) is 5.16 Å². The molecule has 2 aromatic heterocycles. The van der Waals surface area contributed by atoms with Crippen LogP contribution in [0.25, 0.3) is 22.5 Å². The summed E-state index contributed by atoms with van der Waals surface area (Å²) in [6, 6.07) is 36.3. The zero-order valence-corrected chi connectivity index (χ0v) is 28.0. The van der Waals surface area contributed by atoms with Crippen molar-refractivity contribution in [3.63, 3.8) is 0 Å². The fourth-order valence-corrected chi connectivity index (χ4v) is 7.89. The van der Waals surface area contributed by atoms with Crippen molar-refractivity contribution >= 4 is 45.9 Å². The van der Waals surface area contributed by atoms with Gasteiger partial charge in [-0.3, -0.25) is 14.9 Å². The molecule has 0 radical (unpaired) electrons. The fraction of sp³-hybridized carbons (Fsp3) is 0.128. The first-order chi connectivity index (χ1) is 24.0. The van der Waals surface area contributed by atoms with Gasteiger partial charge in [-0.05, 0) is 66.3 Å². The second-order valence-corrected chi connectivity index (χ2v) is 13.6. The van der Waals surface area contributed by atoms with E-state index in [1.54, 1.807) is 18.3 Å². The number of aromatic nitrogens is 2. The van der Waals surface area contributed by atoms with Gasteiger partial charge >= 0.3 is 0 Å². The third-order valence-corrected chi connectivity index (χ3v) is 10.4. The third kappa shape index (κ3) is 7.51. The number of hydrogen-bond donors (Lipinski definition) is 1. The Balaban J connectivity index is 1.18. The van der Waals surface area contributed by atoms with Crippen LogP contribution in [0.4, 0.5) is 10.7 Å². The Bertz CT molecular complexity index is 2100. The number of amides is 1. The van der Waals surface area contributed by atoms with E-state index >= 15 is 0 Å². The standard InChI is InChI=1S/C39H31N5O3S2/c45-37(40-24-26-12-4-1-5-13-26)36-30-18-10-11-19-34(30)48-38(36)41-25-27-20-21-35(33(22-27)44(46)47)49-39-42-31(28-14-6-2-7-15-28)23-32(43-39)29-16-8-3-9-17-29/h1-9,12-17,20-23,25H,10-11,18-19,24H2,(H,40,45). The molecule has 2 heterocycles. The predicted molar refractivity (Wildman–Crippen MR) is 196 cm³/mol. The maximum atomic E-state index is 13.5. The van der Waals surface area contributed by atoms with Crippen molar-refractivity contribution in [1.82, 2.24) is 15.3 Å². The van der Waals surface area contributed by atoms with Crippen molar-refractivity contribution in [2.45, 2.75) is 42.3 Å². The lowest BCUT2D eigenvalue weighted by atomic mass is 9.95. The summed E-state index contributed by atoms with van der Waals surface area (Å²) in [5, 5.41) is 16.4.